The van der Waals surface area contributed by atoms with Crippen LogP contribution < -0.4 is 0 Å². The molecule has 31 heavy (non-hydrogen) atoms. The molecule has 0 aliphatic rings. The summed E-state index contributed by atoms with van der Waals surface area (Å²) in [5, 5.41) is 0.609. The van der Waals surface area contributed by atoms with Gasteiger partial charge in [0.05, 0.1) is 23.2 Å². The van der Waals surface area contributed by atoms with Crippen molar-refractivity contribution in [3.05, 3.63) is 76.8 Å². The fraction of sp³-hybridized carbons (Fsp3) is 0.182. The van der Waals surface area contributed by atoms with E-state index in [4.69, 9.17) is 4.74 Å². The van der Waals surface area contributed by atoms with E-state index in [1.165, 1.54) is 24.8 Å². The fourth-order valence-electron chi connectivity index (χ4n) is 3.61. The maximum Gasteiger partial charge on any atom is 0.325 e. The molecule has 0 fully saturated rings. The number of esters is 1. The predicted molar refractivity (Wildman–Crippen MR) is 115 cm³/mol. The molecule has 0 saturated heterocycles. The Kier molecular flexibility index (Phi) is 5.63. The number of aromatic nitrogens is 2. The summed E-state index contributed by atoms with van der Waals surface area (Å²) in [4.78, 5) is 16.4. The highest BCUT2D eigenvalue weighted by Crippen LogP contribution is 2.33. The van der Waals surface area contributed by atoms with Crippen molar-refractivity contribution in [2.45, 2.75) is 29.0 Å². The van der Waals surface area contributed by atoms with Crippen LogP contribution in [0.25, 0.3) is 10.9 Å². The van der Waals surface area contributed by atoms with Crippen LogP contribution in [0.15, 0.2) is 63.1 Å². The molecule has 0 saturated carbocycles. The number of carbonyl (C=O) groups is 1. The van der Waals surface area contributed by atoms with E-state index >= 15 is 0 Å². The van der Waals surface area contributed by atoms with Crippen molar-refractivity contribution in [1.82, 2.24) is 9.55 Å². The highest BCUT2D eigenvalue weighted by molar-refractivity contribution is 7.93. The van der Waals surface area contributed by atoms with Crippen LogP contribution in [-0.2, 0) is 32.3 Å². The molecule has 0 amide bonds. The summed E-state index contributed by atoms with van der Waals surface area (Å²) in [6, 6.07) is 12.5. The summed E-state index contributed by atoms with van der Waals surface area (Å²) < 4.78 is 47.0. The Hall–Kier alpha value is -3.04. The van der Waals surface area contributed by atoms with Crippen LogP contribution in [0.1, 0.15) is 17.0 Å². The summed E-state index contributed by atoms with van der Waals surface area (Å²) in [5.74, 6) is -0.851. The summed E-state index contributed by atoms with van der Waals surface area (Å²) >= 11 is 1.05. The molecule has 4 rings (SSSR count). The van der Waals surface area contributed by atoms with Crippen molar-refractivity contribution >= 4 is 38.0 Å². The van der Waals surface area contributed by atoms with Crippen LogP contribution >= 0.6 is 11.3 Å². The zero-order valence-electron chi connectivity index (χ0n) is 16.8. The minimum atomic E-state index is -3.74. The lowest BCUT2D eigenvalue weighted by molar-refractivity contribution is -0.141. The van der Waals surface area contributed by atoms with Crippen LogP contribution in [0.2, 0.25) is 0 Å². The number of nitrogens with zero attached hydrogens (tertiary/aromatic N) is 2. The van der Waals surface area contributed by atoms with E-state index in [1.807, 2.05) is 6.92 Å². The number of rotatable bonds is 6. The zero-order valence-corrected chi connectivity index (χ0v) is 18.5. The van der Waals surface area contributed by atoms with Gasteiger partial charge >= 0.3 is 5.97 Å². The maximum atomic E-state index is 14.0. The minimum absolute atomic E-state index is 0.0310. The van der Waals surface area contributed by atoms with E-state index in [1.54, 1.807) is 41.0 Å². The first-order valence-electron chi connectivity index (χ1n) is 9.39. The van der Waals surface area contributed by atoms with E-state index in [9.17, 15) is 17.6 Å². The second-order valence-corrected chi connectivity index (χ2v) is 9.97. The Morgan fingerprint density at radius 1 is 1.19 bits per heavy atom. The van der Waals surface area contributed by atoms with E-state index in [2.05, 4.69) is 4.98 Å². The molecular weight excluding hydrogens is 439 g/mol. The molecule has 0 aliphatic carbocycles. The predicted octanol–water partition coefficient (Wildman–Crippen LogP) is 4.14. The Morgan fingerprint density at radius 3 is 2.65 bits per heavy atom. The molecule has 9 heteroatoms. The van der Waals surface area contributed by atoms with Crippen molar-refractivity contribution in [2.24, 2.45) is 0 Å². The second-order valence-electron chi connectivity index (χ2n) is 6.97. The van der Waals surface area contributed by atoms with Crippen molar-refractivity contribution in [3.8, 4) is 0 Å². The standard InChI is InChI=1S/C22H19FN2O4S2/c1-14-17(18-10-15(23)8-9-20(18)25(14)12-21(26)29-2)11-19-22(30-13-24-19)31(27,28)16-6-4-3-5-7-16/h3-10,13H,11-12H2,1-2H3. The summed E-state index contributed by atoms with van der Waals surface area (Å²) in [5.41, 5.74) is 3.99. The number of hydrogen-bond acceptors (Lipinski definition) is 6. The Labute approximate surface area is 182 Å². The normalized spacial score (nSPS) is 11.7. The summed E-state index contributed by atoms with van der Waals surface area (Å²) in [6.45, 7) is 1.78. The minimum Gasteiger partial charge on any atom is -0.468 e. The number of ether oxygens (including phenoxy) is 1. The van der Waals surface area contributed by atoms with Gasteiger partial charge < -0.3 is 9.30 Å². The molecule has 0 atom stereocenters. The van der Waals surface area contributed by atoms with Gasteiger partial charge in [-0.25, -0.2) is 17.8 Å². The van der Waals surface area contributed by atoms with E-state index < -0.39 is 21.6 Å². The first-order chi connectivity index (χ1) is 14.8. The topological polar surface area (TPSA) is 78.3 Å². The van der Waals surface area contributed by atoms with Gasteiger partial charge in [-0.15, -0.1) is 11.3 Å². The van der Waals surface area contributed by atoms with Gasteiger partial charge in [-0.3, -0.25) is 4.79 Å². The average Bonchev–Trinajstić information content (AvgIpc) is 3.33. The van der Waals surface area contributed by atoms with Gasteiger partial charge in [-0.05, 0) is 42.8 Å². The molecule has 0 radical (unpaired) electrons. The number of hydrogen-bond donors (Lipinski definition) is 0. The van der Waals surface area contributed by atoms with Crippen LogP contribution in [0.3, 0.4) is 0 Å². The van der Waals surface area contributed by atoms with Gasteiger partial charge in [0.2, 0.25) is 9.84 Å². The monoisotopic (exact) mass is 458 g/mol. The van der Waals surface area contributed by atoms with Crippen molar-refractivity contribution < 1.29 is 22.3 Å². The molecule has 2 aromatic heterocycles. The van der Waals surface area contributed by atoms with Gasteiger partial charge in [-0.1, -0.05) is 18.2 Å². The first-order valence-corrected chi connectivity index (χ1v) is 11.8. The van der Waals surface area contributed by atoms with Crippen LogP contribution in [0, 0.1) is 12.7 Å². The Balaban J connectivity index is 1.83. The lowest BCUT2D eigenvalue weighted by Crippen LogP contribution is -2.12. The van der Waals surface area contributed by atoms with Gasteiger partial charge in [0.25, 0.3) is 0 Å². The Morgan fingerprint density at radius 2 is 1.94 bits per heavy atom. The van der Waals surface area contributed by atoms with Gasteiger partial charge in [0, 0.05) is 23.0 Å². The molecule has 160 valence electrons. The molecule has 2 aromatic carbocycles. The van der Waals surface area contributed by atoms with Crippen molar-refractivity contribution in [1.29, 1.82) is 0 Å². The molecule has 0 bridgehead atoms. The quantitative estimate of drug-likeness (QED) is 0.406. The lowest BCUT2D eigenvalue weighted by atomic mass is 10.1. The van der Waals surface area contributed by atoms with Crippen molar-refractivity contribution in [2.75, 3.05) is 7.11 Å². The van der Waals surface area contributed by atoms with Crippen LogP contribution in [-0.4, -0.2) is 31.0 Å². The number of carbonyl (C=O) groups excluding carboxylic acids is 1. The summed E-state index contributed by atoms with van der Waals surface area (Å²) in [7, 11) is -2.43. The molecule has 2 heterocycles. The third-order valence-electron chi connectivity index (χ3n) is 5.18. The summed E-state index contributed by atoms with van der Waals surface area (Å²) in [6.07, 6.45) is 0.185. The van der Waals surface area contributed by atoms with Gasteiger partial charge in [0.1, 0.15) is 16.6 Å². The second kappa shape index (κ2) is 8.24. The molecule has 0 N–H and O–H groups in total. The van der Waals surface area contributed by atoms with Gasteiger partial charge in [0.15, 0.2) is 0 Å². The lowest BCUT2D eigenvalue weighted by Gasteiger charge is -2.08. The molecule has 0 spiro atoms. The molecule has 4 aromatic rings. The fourth-order valence-corrected chi connectivity index (χ4v) is 6.24. The number of methoxy groups -OCH3 is 1. The largest absolute Gasteiger partial charge is 0.468 e. The third-order valence-corrected chi connectivity index (χ3v) is 8.40. The van der Waals surface area contributed by atoms with E-state index in [-0.39, 0.29) is 22.1 Å². The number of fused-ring (bicyclic) bond motifs is 1. The van der Waals surface area contributed by atoms with Crippen LogP contribution in [0.5, 0.6) is 0 Å². The highest BCUT2D eigenvalue weighted by Gasteiger charge is 2.26. The molecule has 0 aliphatic heterocycles. The van der Waals surface area contributed by atoms with Crippen molar-refractivity contribution in [3.63, 3.8) is 0 Å². The van der Waals surface area contributed by atoms with E-state index in [0.717, 1.165) is 17.0 Å². The number of thiazole rings is 1. The first kappa shape index (κ1) is 21.2. The third kappa shape index (κ3) is 3.86. The zero-order chi connectivity index (χ0) is 22.2. The maximum absolute atomic E-state index is 14.0. The molecule has 0 unspecified atom stereocenters. The Bertz CT molecular complexity index is 1380. The smallest absolute Gasteiger partial charge is 0.325 e. The molecule has 6 nitrogen and oxygen atoms in total. The average molecular weight is 459 g/mol. The SMILES string of the molecule is COC(=O)Cn1c(C)c(Cc2ncsc2S(=O)(=O)c2ccccc2)c2cc(F)ccc21. The number of halogens is 1. The molecular formula is C22H19FN2O4S2. The van der Waals surface area contributed by atoms with Crippen LogP contribution in [0.4, 0.5) is 4.39 Å². The number of sulfone groups is 1. The van der Waals surface area contributed by atoms with Gasteiger partial charge in [-0.2, -0.15) is 0 Å². The number of benzene rings is 2. The highest BCUT2D eigenvalue weighted by atomic mass is 32.2. The van der Waals surface area contributed by atoms with E-state index in [0.29, 0.717) is 22.2 Å².